The lowest BCUT2D eigenvalue weighted by Gasteiger charge is -2.16. The van der Waals surface area contributed by atoms with Crippen LogP contribution in [0.3, 0.4) is 0 Å². The topological polar surface area (TPSA) is 9.23 Å². The summed E-state index contributed by atoms with van der Waals surface area (Å²) in [4.78, 5) is 0. The molecule has 1 heteroatoms. The molecule has 0 aliphatic heterocycles. The van der Waals surface area contributed by atoms with Gasteiger partial charge in [-0.1, -0.05) is 88.2 Å². The lowest BCUT2D eigenvalue weighted by atomic mass is 9.99. The molecule has 0 unspecified atom stereocenters. The molecule has 0 fully saturated rings. The fraction of sp³-hybridized carbons (Fsp3) is 0.810. The molecular formula is C21H46O. The summed E-state index contributed by atoms with van der Waals surface area (Å²) in [6, 6.07) is 0. The summed E-state index contributed by atoms with van der Waals surface area (Å²) in [7, 11) is 0. The molecule has 0 saturated heterocycles. The molecule has 22 heavy (non-hydrogen) atoms. The number of rotatable bonds is 7. The van der Waals surface area contributed by atoms with Crippen molar-refractivity contribution in [1.82, 2.24) is 0 Å². The zero-order valence-electron chi connectivity index (χ0n) is 17.7. The van der Waals surface area contributed by atoms with E-state index in [-0.39, 0.29) is 0 Å². The predicted octanol–water partition coefficient (Wildman–Crippen LogP) is 8.17. The van der Waals surface area contributed by atoms with E-state index in [0.717, 1.165) is 25.2 Å². The van der Waals surface area contributed by atoms with E-state index in [1.165, 1.54) is 18.4 Å². The van der Waals surface area contributed by atoms with Crippen molar-refractivity contribution in [3.05, 3.63) is 23.5 Å². The Bertz CT molecular complexity index is 222. The van der Waals surface area contributed by atoms with E-state index >= 15 is 0 Å². The van der Waals surface area contributed by atoms with Gasteiger partial charge in [0.2, 0.25) is 0 Å². The van der Waals surface area contributed by atoms with Crippen LogP contribution < -0.4 is 0 Å². The maximum absolute atomic E-state index is 5.65. The Kier molecular flexibility index (Phi) is 37.9. The van der Waals surface area contributed by atoms with E-state index in [2.05, 4.69) is 53.7 Å². The van der Waals surface area contributed by atoms with Crippen LogP contribution in [0.4, 0.5) is 0 Å². The highest BCUT2D eigenvalue weighted by Gasteiger charge is 2.09. The van der Waals surface area contributed by atoms with Crippen molar-refractivity contribution >= 4 is 0 Å². The average molecular weight is 315 g/mol. The van der Waals surface area contributed by atoms with Crippen LogP contribution in [0.1, 0.15) is 102 Å². The second kappa shape index (κ2) is 28.4. The van der Waals surface area contributed by atoms with E-state index in [9.17, 15) is 0 Å². The fourth-order valence-electron chi connectivity index (χ4n) is 1.44. The van der Waals surface area contributed by atoms with E-state index in [1.807, 2.05) is 34.6 Å². The van der Waals surface area contributed by atoms with Crippen molar-refractivity contribution in [3.63, 3.8) is 0 Å². The molecule has 0 aromatic heterocycles. The van der Waals surface area contributed by atoms with Crippen molar-refractivity contribution in [2.45, 2.75) is 102 Å². The Labute approximate surface area is 143 Å². The number of allylic oxidation sites excluding steroid dienone is 3. The first-order chi connectivity index (χ1) is 10.6. The lowest BCUT2D eigenvalue weighted by Crippen LogP contribution is -2.02. The smallest absolute Gasteiger partial charge is 0.118 e. The van der Waals surface area contributed by atoms with Gasteiger partial charge in [0.15, 0.2) is 0 Å². The predicted molar refractivity (Wildman–Crippen MR) is 106 cm³/mol. The van der Waals surface area contributed by atoms with Gasteiger partial charge in [-0.2, -0.15) is 0 Å². The van der Waals surface area contributed by atoms with Crippen molar-refractivity contribution in [3.8, 4) is 0 Å². The van der Waals surface area contributed by atoms with E-state index in [1.54, 1.807) is 0 Å². The van der Waals surface area contributed by atoms with Gasteiger partial charge in [-0.15, -0.1) is 0 Å². The van der Waals surface area contributed by atoms with Gasteiger partial charge in [-0.3, -0.25) is 0 Å². The van der Waals surface area contributed by atoms with Crippen molar-refractivity contribution < 1.29 is 4.74 Å². The maximum Gasteiger partial charge on any atom is 0.118 e. The molecule has 0 saturated carbocycles. The Balaban J connectivity index is -0.000000170. The molecule has 0 amide bonds. The van der Waals surface area contributed by atoms with Gasteiger partial charge in [-0.25, -0.2) is 0 Å². The molecule has 0 aromatic carbocycles. The molecule has 0 rings (SSSR count). The molecule has 0 N–H and O–H groups in total. The molecule has 0 radical (unpaired) electrons. The minimum absolute atomic E-state index is 0.541. The largest absolute Gasteiger partial charge is 0.494 e. The van der Waals surface area contributed by atoms with Crippen LogP contribution in [0.15, 0.2) is 23.5 Å². The van der Waals surface area contributed by atoms with Crippen molar-refractivity contribution in [2.75, 3.05) is 6.61 Å². The second-order valence-corrected chi connectivity index (χ2v) is 4.63. The summed E-state index contributed by atoms with van der Waals surface area (Å²) < 4.78 is 5.65. The molecule has 1 nitrogen and oxygen atoms in total. The third-order valence-corrected chi connectivity index (χ3v) is 2.52. The highest BCUT2D eigenvalue weighted by atomic mass is 16.5. The maximum atomic E-state index is 5.65. The molecule has 0 aromatic rings. The first-order valence-corrected chi connectivity index (χ1v) is 9.62. The lowest BCUT2D eigenvalue weighted by molar-refractivity contribution is 0.231. The Hall–Kier alpha value is -0.720. The first-order valence-electron chi connectivity index (χ1n) is 9.62. The minimum atomic E-state index is 0.541. The molecule has 0 aliphatic rings. The highest BCUT2D eigenvalue weighted by molar-refractivity contribution is 5.27. The number of ether oxygens (including phenoxy) is 1. The van der Waals surface area contributed by atoms with Crippen molar-refractivity contribution in [1.29, 1.82) is 0 Å². The molecule has 0 atom stereocenters. The van der Waals surface area contributed by atoms with Gasteiger partial charge in [-0.05, 0) is 37.3 Å². The Morgan fingerprint density at radius 1 is 0.773 bits per heavy atom. The van der Waals surface area contributed by atoms with Gasteiger partial charge in [0.25, 0.3) is 0 Å². The fourth-order valence-corrected chi connectivity index (χ4v) is 1.44. The molecule has 0 spiro atoms. The molecule has 136 valence electrons. The Morgan fingerprint density at radius 2 is 1.18 bits per heavy atom. The normalized spacial score (nSPS) is 10.5. The van der Waals surface area contributed by atoms with Crippen LogP contribution in [0.5, 0.6) is 0 Å². The molecule has 0 aliphatic carbocycles. The van der Waals surface area contributed by atoms with E-state index < -0.39 is 0 Å². The first kappa shape index (κ1) is 29.3. The van der Waals surface area contributed by atoms with Gasteiger partial charge in [0.1, 0.15) is 5.76 Å². The summed E-state index contributed by atoms with van der Waals surface area (Å²) in [6.07, 6.45) is 9.18. The van der Waals surface area contributed by atoms with Gasteiger partial charge >= 0.3 is 0 Å². The molecule has 0 bridgehead atoms. The van der Waals surface area contributed by atoms with Crippen LogP contribution >= 0.6 is 0 Å². The van der Waals surface area contributed by atoms with Crippen LogP contribution in [0.2, 0.25) is 0 Å². The van der Waals surface area contributed by atoms with Crippen LogP contribution in [-0.4, -0.2) is 6.61 Å². The van der Waals surface area contributed by atoms with Gasteiger partial charge < -0.3 is 4.74 Å². The number of hydrogen-bond donors (Lipinski definition) is 0. The quantitative estimate of drug-likeness (QED) is 0.340. The van der Waals surface area contributed by atoms with Crippen LogP contribution in [0.25, 0.3) is 0 Å². The monoisotopic (exact) mass is 314 g/mol. The van der Waals surface area contributed by atoms with E-state index in [4.69, 9.17) is 4.74 Å². The summed E-state index contributed by atoms with van der Waals surface area (Å²) in [5.41, 5.74) is 1.34. The van der Waals surface area contributed by atoms with Crippen LogP contribution in [0, 0.1) is 5.92 Å². The zero-order valence-corrected chi connectivity index (χ0v) is 17.7. The standard InChI is InChI=1S/C13H24O.C4H10.2C2H6/c1-6-9-12(11(4)5)13(10-7-2)14-8-3;1-3-4-2;2*1-2/h9-11H,6-8H2,1-5H3;3-4H2,1-2H3;2*1-2H3/b12-9-,13-10+;;;. The zero-order chi connectivity index (χ0) is 18.4. The molecule has 0 heterocycles. The second-order valence-electron chi connectivity index (χ2n) is 4.63. The van der Waals surface area contributed by atoms with Gasteiger partial charge in [0.05, 0.1) is 6.61 Å². The third kappa shape index (κ3) is 21.6. The van der Waals surface area contributed by atoms with Crippen molar-refractivity contribution in [2.24, 2.45) is 5.92 Å². The van der Waals surface area contributed by atoms with Crippen LogP contribution in [-0.2, 0) is 4.74 Å². The summed E-state index contributed by atoms with van der Waals surface area (Å²) in [5, 5.41) is 0. The van der Waals surface area contributed by atoms with E-state index in [0.29, 0.717) is 5.92 Å². The number of hydrogen-bond acceptors (Lipinski definition) is 1. The molecular weight excluding hydrogens is 268 g/mol. The summed E-state index contributed by atoms with van der Waals surface area (Å²) in [5.74, 6) is 1.62. The SMILES string of the molecule is CC.CC.CC/C=C(\C(=C/CC)OCC)C(C)C.CCCC. The Morgan fingerprint density at radius 3 is 1.41 bits per heavy atom. The third-order valence-electron chi connectivity index (χ3n) is 2.52. The minimum Gasteiger partial charge on any atom is -0.494 e. The number of unbranched alkanes of at least 4 members (excludes halogenated alkanes) is 1. The highest BCUT2D eigenvalue weighted by Crippen LogP contribution is 2.21. The summed E-state index contributed by atoms with van der Waals surface area (Å²) >= 11 is 0. The van der Waals surface area contributed by atoms with Gasteiger partial charge in [0, 0.05) is 0 Å². The summed E-state index contributed by atoms with van der Waals surface area (Å²) in [6.45, 7) is 23.9. The average Bonchev–Trinajstić information content (AvgIpc) is 2.56.